The Morgan fingerprint density at radius 3 is 2.14 bits per heavy atom. The maximum atomic E-state index is 12.7. The average Bonchev–Trinajstić information content (AvgIpc) is 2.60. The largest absolute Gasteiger partial charge is 0.382 e. The molecule has 0 bridgehead atoms. The van der Waals surface area contributed by atoms with Crippen molar-refractivity contribution in [1.82, 2.24) is 4.90 Å². The van der Waals surface area contributed by atoms with Gasteiger partial charge in [0.1, 0.15) is 5.75 Å². The fourth-order valence-corrected chi connectivity index (χ4v) is 3.49. The summed E-state index contributed by atoms with van der Waals surface area (Å²) in [7, 11) is -3.67. The van der Waals surface area contributed by atoms with Gasteiger partial charge < -0.3 is 14.0 Å². The van der Waals surface area contributed by atoms with Gasteiger partial charge in [0.15, 0.2) is 0 Å². The molecule has 0 radical (unpaired) electrons. The number of nitrogens with zero attached hydrogens (tertiary/aromatic N) is 2. The molecule has 0 atom stereocenters. The number of rotatable bonds is 11. The van der Waals surface area contributed by atoms with Crippen LogP contribution < -0.4 is 9.08 Å². The SMILES string of the molecule is CCN(CC)c1ccc(CN(C(=O)CC(C)C)C(C)C)c(OS(=O)(=O)CC)c1. The van der Waals surface area contributed by atoms with Crippen LogP contribution in [-0.2, 0) is 21.5 Å². The summed E-state index contributed by atoms with van der Waals surface area (Å²) in [5, 5.41) is 0. The molecule has 28 heavy (non-hydrogen) atoms. The third-order valence-corrected chi connectivity index (χ3v) is 5.76. The lowest BCUT2D eigenvalue weighted by Crippen LogP contribution is -2.37. The first-order chi connectivity index (χ1) is 13.0. The van der Waals surface area contributed by atoms with Gasteiger partial charge in [0, 0.05) is 49.4 Å². The Labute approximate surface area is 171 Å². The Morgan fingerprint density at radius 2 is 1.68 bits per heavy atom. The Bertz CT molecular complexity index is 741. The maximum absolute atomic E-state index is 12.7. The van der Waals surface area contributed by atoms with E-state index in [2.05, 4.69) is 4.90 Å². The van der Waals surface area contributed by atoms with E-state index < -0.39 is 10.1 Å². The van der Waals surface area contributed by atoms with E-state index in [1.54, 1.807) is 17.9 Å². The smallest absolute Gasteiger partial charge is 0.308 e. The van der Waals surface area contributed by atoms with Gasteiger partial charge in [-0.05, 0) is 46.6 Å². The molecule has 0 saturated heterocycles. The van der Waals surface area contributed by atoms with Crippen LogP contribution in [0.25, 0.3) is 0 Å². The number of carbonyl (C=O) groups is 1. The predicted molar refractivity (Wildman–Crippen MR) is 115 cm³/mol. The first kappa shape index (κ1) is 24.3. The fraction of sp³-hybridized carbons (Fsp3) is 0.667. The molecule has 160 valence electrons. The molecule has 0 aliphatic heterocycles. The number of anilines is 1. The highest BCUT2D eigenvalue weighted by Gasteiger charge is 2.22. The molecule has 0 spiro atoms. The molecular weight excluding hydrogens is 376 g/mol. The first-order valence-electron chi connectivity index (χ1n) is 10.1. The summed E-state index contributed by atoms with van der Waals surface area (Å²) >= 11 is 0. The van der Waals surface area contributed by atoms with Crippen LogP contribution in [0.5, 0.6) is 5.75 Å². The number of hydrogen-bond acceptors (Lipinski definition) is 5. The van der Waals surface area contributed by atoms with Crippen molar-refractivity contribution < 1.29 is 17.4 Å². The maximum Gasteiger partial charge on any atom is 0.308 e. The van der Waals surface area contributed by atoms with Crippen LogP contribution in [-0.4, -0.2) is 44.1 Å². The zero-order chi connectivity index (χ0) is 21.5. The predicted octanol–water partition coefficient (Wildman–Crippen LogP) is 4.04. The fourth-order valence-electron chi connectivity index (χ4n) is 2.94. The molecular formula is C21H36N2O4S. The van der Waals surface area contributed by atoms with Crippen molar-refractivity contribution in [2.24, 2.45) is 5.92 Å². The number of carbonyl (C=O) groups excluding carboxylic acids is 1. The zero-order valence-corrected chi connectivity index (χ0v) is 19.2. The molecule has 1 amide bonds. The monoisotopic (exact) mass is 412 g/mol. The lowest BCUT2D eigenvalue weighted by molar-refractivity contribution is -0.134. The summed E-state index contributed by atoms with van der Waals surface area (Å²) < 4.78 is 29.7. The van der Waals surface area contributed by atoms with E-state index in [9.17, 15) is 13.2 Å². The number of amides is 1. The molecule has 6 nitrogen and oxygen atoms in total. The van der Waals surface area contributed by atoms with Gasteiger partial charge >= 0.3 is 10.1 Å². The van der Waals surface area contributed by atoms with E-state index in [0.717, 1.165) is 18.8 Å². The minimum absolute atomic E-state index is 0.00402. The highest BCUT2D eigenvalue weighted by atomic mass is 32.2. The molecule has 0 fully saturated rings. The van der Waals surface area contributed by atoms with Crippen LogP contribution in [0.15, 0.2) is 18.2 Å². The molecule has 0 N–H and O–H groups in total. The van der Waals surface area contributed by atoms with Crippen molar-refractivity contribution in [1.29, 1.82) is 0 Å². The highest BCUT2D eigenvalue weighted by Crippen LogP contribution is 2.29. The summed E-state index contributed by atoms with van der Waals surface area (Å²) in [6.07, 6.45) is 0.457. The lowest BCUT2D eigenvalue weighted by Gasteiger charge is -2.29. The molecule has 7 heteroatoms. The Kier molecular flexibility index (Phi) is 9.27. The van der Waals surface area contributed by atoms with E-state index in [4.69, 9.17) is 4.18 Å². The van der Waals surface area contributed by atoms with Gasteiger partial charge in [0.2, 0.25) is 5.91 Å². The summed E-state index contributed by atoms with van der Waals surface area (Å²) in [6.45, 7) is 15.5. The molecule has 1 rings (SSSR count). The minimum atomic E-state index is -3.67. The van der Waals surface area contributed by atoms with Gasteiger partial charge in [-0.2, -0.15) is 8.42 Å². The second-order valence-electron chi connectivity index (χ2n) is 7.61. The third kappa shape index (κ3) is 7.00. The van der Waals surface area contributed by atoms with Crippen molar-refractivity contribution in [3.8, 4) is 5.75 Å². The van der Waals surface area contributed by atoms with Crippen molar-refractivity contribution >= 4 is 21.7 Å². The summed E-state index contributed by atoms with van der Waals surface area (Å²) in [4.78, 5) is 16.6. The van der Waals surface area contributed by atoms with Crippen molar-refractivity contribution in [2.45, 2.75) is 67.5 Å². The third-order valence-electron chi connectivity index (χ3n) is 4.62. The highest BCUT2D eigenvalue weighted by molar-refractivity contribution is 7.87. The van der Waals surface area contributed by atoms with Crippen molar-refractivity contribution in [3.63, 3.8) is 0 Å². The van der Waals surface area contributed by atoms with Crippen LogP contribution in [0.4, 0.5) is 5.69 Å². The lowest BCUT2D eigenvalue weighted by atomic mass is 10.1. The van der Waals surface area contributed by atoms with E-state index >= 15 is 0 Å². The molecule has 0 aromatic heterocycles. The summed E-state index contributed by atoms with van der Waals surface area (Å²) in [5.74, 6) is 0.508. The normalized spacial score (nSPS) is 11.8. The molecule has 0 unspecified atom stereocenters. The van der Waals surface area contributed by atoms with Crippen LogP contribution in [0, 0.1) is 5.92 Å². The Morgan fingerprint density at radius 1 is 1.07 bits per heavy atom. The van der Waals surface area contributed by atoms with E-state index in [-0.39, 0.29) is 23.6 Å². The number of hydrogen-bond donors (Lipinski definition) is 0. The van der Waals surface area contributed by atoms with Gasteiger partial charge in [-0.15, -0.1) is 0 Å². The second-order valence-corrected chi connectivity index (χ2v) is 9.47. The van der Waals surface area contributed by atoms with Crippen molar-refractivity contribution in [3.05, 3.63) is 23.8 Å². The summed E-state index contributed by atoms with van der Waals surface area (Å²) in [6, 6.07) is 5.59. The Balaban J connectivity index is 3.32. The zero-order valence-electron chi connectivity index (χ0n) is 18.4. The first-order valence-corrected chi connectivity index (χ1v) is 11.7. The van der Waals surface area contributed by atoms with Crippen molar-refractivity contribution in [2.75, 3.05) is 23.7 Å². The quantitative estimate of drug-likeness (QED) is 0.513. The topological polar surface area (TPSA) is 66.9 Å². The minimum Gasteiger partial charge on any atom is -0.382 e. The van der Waals surface area contributed by atoms with Gasteiger partial charge in [0.25, 0.3) is 0 Å². The standard InChI is InChI=1S/C21H36N2O4S/c1-8-22(9-2)19-12-11-18(20(14-19)27-28(25,26)10-3)15-23(17(6)7)21(24)13-16(4)5/h11-12,14,16-17H,8-10,13,15H2,1-7H3. The van der Waals surface area contributed by atoms with E-state index in [1.807, 2.05) is 53.7 Å². The van der Waals surface area contributed by atoms with E-state index in [0.29, 0.717) is 24.3 Å². The average molecular weight is 413 g/mol. The van der Waals surface area contributed by atoms with Gasteiger partial charge in [-0.25, -0.2) is 0 Å². The Hall–Kier alpha value is -1.76. The van der Waals surface area contributed by atoms with Crippen LogP contribution in [0.3, 0.4) is 0 Å². The van der Waals surface area contributed by atoms with Gasteiger partial charge in [-0.1, -0.05) is 19.9 Å². The molecule has 1 aromatic carbocycles. The van der Waals surface area contributed by atoms with Crippen LogP contribution in [0.2, 0.25) is 0 Å². The van der Waals surface area contributed by atoms with E-state index in [1.165, 1.54) is 0 Å². The second kappa shape index (κ2) is 10.7. The molecule has 0 aliphatic rings. The number of benzene rings is 1. The molecule has 1 aromatic rings. The van der Waals surface area contributed by atoms with Crippen LogP contribution in [0.1, 0.15) is 60.5 Å². The van der Waals surface area contributed by atoms with Crippen LogP contribution >= 0.6 is 0 Å². The molecule has 0 aliphatic carbocycles. The van der Waals surface area contributed by atoms with Gasteiger partial charge in [-0.3, -0.25) is 4.79 Å². The molecule has 0 saturated carbocycles. The van der Waals surface area contributed by atoms with Gasteiger partial charge in [0.05, 0.1) is 5.75 Å². The molecule has 0 heterocycles. The summed E-state index contributed by atoms with van der Waals surface area (Å²) in [5.41, 5.74) is 1.60.